The van der Waals surface area contributed by atoms with Crippen LogP contribution < -0.4 is 9.64 Å². The van der Waals surface area contributed by atoms with Crippen molar-refractivity contribution in [2.75, 3.05) is 37.7 Å². The van der Waals surface area contributed by atoms with Gasteiger partial charge in [-0.25, -0.2) is 4.68 Å². The second-order valence-electron chi connectivity index (χ2n) is 12.4. The molecule has 1 unspecified atom stereocenters. The van der Waals surface area contributed by atoms with E-state index >= 15 is 0 Å². The van der Waals surface area contributed by atoms with E-state index in [0.29, 0.717) is 42.9 Å². The highest BCUT2D eigenvalue weighted by molar-refractivity contribution is 6.04. The van der Waals surface area contributed by atoms with Crippen LogP contribution in [0.25, 0.3) is 11.0 Å². The number of aromatic nitrogens is 3. The molecular formula is C34H38N6O6. The predicted molar refractivity (Wildman–Crippen MR) is 169 cm³/mol. The number of aliphatic hydroxyl groups is 1. The number of benzene rings is 2. The number of fused-ring (bicyclic) bond motifs is 3. The summed E-state index contributed by atoms with van der Waals surface area (Å²) >= 11 is 0. The Morgan fingerprint density at radius 2 is 1.74 bits per heavy atom. The van der Waals surface area contributed by atoms with Crippen LogP contribution in [0.15, 0.2) is 72.8 Å². The molecule has 7 rings (SSSR count). The van der Waals surface area contributed by atoms with Gasteiger partial charge in [0.05, 0.1) is 29.6 Å². The molecule has 12 nitrogen and oxygen atoms in total. The SMILES string of the molecule is CCOc1ccc(N2CC=C[C@]3(C)O[C@]45C=CCN(Cn6nnc7ccccc76)C(=O)C4N(CCCCO)C(=O)[C@@H]5[C@@H]3C2=O)cc1. The molecule has 240 valence electrons. The van der Waals surface area contributed by atoms with Crippen molar-refractivity contribution >= 4 is 34.4 Å². The van der Waals surface area contributed by atoms with Crippen LogP contribution in [0.3, 0.4) is 0 Å². The van der Waals surface area contributed by atoms with E-state index in [4.69, 9.17) is 9.47 Å². The minimum Gasteiger partial charge on any atom is -0.494 e. The van der Waals surface area contributed by atoms with Crippen LogP contribution in [0.1, 0.15) is 26.7 Å². The molecule has 2 aromatic carbocycles. The minimum absolute atomic E-state index is 0.0296. The van der Waals surface area contributed by atoms with Crippen molar-refractivity contribution in [3.05, 3.63) is 72.8 Å². The van der Waals surface area contributed by atoms with E-state index < -0.39 is 29.1 Å². The first-order valence-electron chi connectivity index (χ1n) is 15.9. The van der Waals surface area contributed by atoms with Gasteiger partial charge in [0.25, 0.3) is 5.91 Å². The number of rotatable bonds is 9. The monoisotopic (exact) mass is 626 g/mol. The molecule has 2 saturated heterocycles. The lowest BCUT2D eigenvalue weighted by Gasteiger charge is -2.37. The zero-order valence-corrected chi connectivity index (χ0v) is 26.0. The molecule has 0 saturated carbocycles. The van der Waals surface area contributed by atoms with Crippen LogP contribution in [0.5, 0.6) is 5.75 Å². The number of likely N-dealkylation sites (tertiary alicyclic amines) is 1. The standard InChI is InChI=1S/C34H38N6O6/c1-3-45-24-14-12-23(13-15-24)38-20-8-16-33(2)27(30(38)42)28-31(43)39(19-6-7-21-41)29-32(44)37(18-9-17-34(28,29)46-33)22-40-26-11-5-4-10-25(26)35-36-40/h4-5,8-17,27-29,41H,3,6-7,18-22H2,1-2H3/t27-,28+,29?,33+,34+/m1/s1. The van der Waals surface area contributed by atoms with Gasteiger partial charge in [-0.3, -0.25) is 14.4 Å². The molecule has 0 bridgehead atoms. The third-order valence-electron chi connectivity index (χ3n) is 9.63. The minimum atomic E-state index is -1.37. The zero-order valence-electron chi connectivity index (χ0n) is 26.0. The van der Waals surface area contributed by atoms with Crippen LogP contribution in [-0.2, 0) is 25.8 Å². The lowest BCUT2D eigenvalue weighted by atomic mass is 9.74. The molecule has 46 heavy (non-hydrogen) atoms. The quantitative estimate of drug-likeness (QED) is 0.283. The second-order valence-corrected chi connectivity index (χ2v) is 12.4. The van der Waals surface area contributed by atoms with E-state index in [-0.39, 0.29) is 44.1 Å². The summed E-state index contributed by atoms with van der Waals surface area (Å²) in [5.41, 5.74) is -0.310. The largest absolute Gasteiger partial charge is 0.494 e. The van der Waals surface area contributed by atoms with Crippen LogP contribution in [0.2, 0.25) is 0 Å². The number of anilines is 1. The molecular weight excluding hydrogens is 588 g/mol. The van der Waals surface area contributed by atoms with E-state index in [1.165, 1.54) is 0 Å². The van der Waals surface area contributed by atoms with Crippen LogP contribution >= 0.6 is 0 Å². The summed E-state index contributed by atoms with van der Waals surface area (Å²) in [5, 5.41) is 18.0. The third kappa shape index (κ3) is 4.70. The Labute approximate surface area is 266 Å². The molecule has 1 spiro atoms. The fourth-order valence-corrected chi connectivity index (χ4v) is 7.63. The van der Waals surface area contributed by atoms with E-state index in [1.54, 1.807) is 19.4 Å². The maximum atomic E-state index is 14.6. The van der Waals surface area contributed by atoms with Crippen molar-refractivity contribution in [1.29, 1.82) is 0 Å². The number of aliphatic hydroxyl groups excluding tert-OH is 1. The van der Waals surface area contributed by atoms with Crippen molar-refractivity contribution in [2.24, 2.45) is 11.8 Å². The number of ether oxygens (including phenoxy) is 2. The van der Waals surface area contributed by atoms with E-state index in [9.17, 15) is 19.5 Å². The molecule has 3 amide bonds. The molecule has 0 aliphatic carbocycles. The van der Waals surface area contributed by atoms with Crippen LogP contribution in [0.4, 0.5) is 5.69 Å². The summed E-state index contributed by atoms with van der Waals surface area (Å²) in [6, 6.07) is 13.9. The highest BCUT2D eigenvalue weighted by atomic mass is 16.5. The number of hydrogen-bond acceptors (Lipinski definition) is 8. The zero-order chi connectivity index (χ0) is 32.1. The summed E-state index contributed by atoms with van der Waals surface area (Å²) in [4.78, 5) is 48.6. The Morgan fingerprint density at radius 1 is 0.957 bits per heavy atom. The van der Waals surface area contributed by atoms with Gasteiger partial charge >= 0.3 is 0 Å². The number of amides is 3. The summed E-state index contributed by atoms with van der Waals surface area (Å²) < 4.78 is 14.2. The Hall–Kier alpha value is -4.55. The fourth-order valence-electron chi connectivity index (χ4n) is 7.63. The predicted octanol–water partition coefficient (Wildman–Crippen LogP) is 2.53. The average Bonchev–Trinajstić information content (AvgIpc) is 3.58. The molecule has 12 heteroatoms. The number of para-hydroxylation sites is 1. The van der Waals surface area contributed by atoms with E-state index in [0.717, 1.165) is 5.52 Å². The van der Waals surface area contributed by atoms with Gasteiger partial charge in [0, 0.05) is 31.9 Å². The molecule has 4 aliphatic heterocycles. The number of nitrogens with zero attached hydrogens (tertiary/aromatic N) is 6. The van der Waals surface area contributed by atoms with Gasteiger partial charge in [0.2, 0.25) is 11.8 Å². The molecule has 1 aromatic heterocycles. The Morgan fingerprint density at radius 3 is 2.52 bits per heavy atom. The van der Waals surface area contributed by atoms with Gasteiger partial charge in [-0.15, -0.1) is 5.10 Å². The number of unbranched alkanes of at least 4 members (excludes halogenated alkanes) is 1. The van der Waals surface area contributed by atoms with Crippen molar-refractivity contribution in [1.82, 2.24) is 24.8 Å². The molecule has 2 fully saturated rings. The second kappa shape index (κ2) is 11.7. The average molecular weight is 627 g/mol. The van der Waals surface area contributed by atoms with Gasteiger partial charge in [-0.2, -0.15) is 0 Å². The fraction of sp³-hybridized carbons (Fsp3) is 0.441. The van der Waals surface area contributed by atoms with E-state index in [1.807, 2.05) is 86.7 Å². The lowest BCUT2D eigenvalue weighted by Crippen LogP contribution is -2.56. The highest BCUT2D eigenvalue weighted by Crippen LogP contribution is 2.57. The maximum absolute atomic E-state index is 14.6. The summed E-state index contributed by atoms with van der Waals surface area (Å²) in [7, 11) is 0. The molecule has 5 atom stereocenters. The van der Waals surface area contributed by atoms with Gasteiger partial charge in [0.1, 0.15) is 29.6 Å². The molecule has 5 heterocycles. The number of carbonyl (C=O) groups is 3. The van der Waals surface area contributed by atoms with Crippen molar-refractivity contribution < 1.29 is 29.0 Å². The number of carbonyl (C=O) groups excluding carboxylic acids is 3. The smallest absolute Gasteiger partial charge is 0.250 e. The molecule has 3 aromatic rings. The van der Waals surface area contributed by atoms with Gasteiger partial charge in [-0.05, 0) is 63.1 Å². The summed E-state index contributed by atoms with van der Waals surface area (Å²) in [6.07, 6.45) is 8.45. The van der Waals surface area contributed by atoms with Crippen molar-refractivity contribution in [3.8, 4) is 5.75 Å². The van der Waals surface area contributed by atoms with Crippen molar-refractivity contribution in [2.45, 2.75) is 50.6 Å². The molecule has 0 radical (unpaired) electrons. The van der Waals surface area contributed by atoms with Crippen LogP contribution in [-0.4, -0.2) is 97.7 Å². The lowest BCUT2D eigenvalue weighted by molar-refractivity contribution is -0.152. The van der Waals surface area contributed by atoms with Gasteiger partial charge in [0.15, 0.2) is 0 Å². The third-order valence-corrected chi connectivity index (χ3v) is 9.63. The molecule has 4 aliphatic rings. The normalized spacial score (nSPS) is 28.8. The maximum Gasteiger partial charge on any atom is 0.250 e. The Bertz CT molecular complexity index is 1720. The summed E-state index contributed by atoms with van der Waals surface area (Å²) in [6.45, 7) is 5.21. The Kier molecular flexibility index (Phi) is 7.64. The summed E-state index contributed by atoms with van der Waals surface area (Å²) in [5.74, 6) is -1.92. The van der Waals surface area contributed by atoms with E-state index in [2.05, 4.69) is 10.3 Å². The van der Waals surface area contributed by atoms with Gasteiger partial charge < -0.3 is 29.3 Å². The van der Waals surface area contributed by atoms with Gasteiger partial charge in [-0.1, -0.05) is 41.7 Å². The first kappa shape index (κ1) is 30.1. The molecule has 1 N–H and O–H groups in total. The first-order valence-corrected chi connectivity index (χ1v) is 15.9. The highest BCUT2D eigenvalue weighted by Gasteiger charge is 2.74. The Balaban J connectivity index is 1.26. The van der Waals surface area contributed by atoms with Crippen LogP contribution in [0, 0.1) is 11.8 Å². The van der Waals surface area contributed by atoms with Crippen molar-refractivity contribution in [3.63, 3.8) is 0 Å². The first-order chi connectivity index (χ1) is 22.3. The number of hydrogen-bond donors (Lipinski definition) is 1. The topological polar surface area (TPSA) is 130 Å².